The first-order valence-electron chi connectivity index (χ1n) is 6.72. The van der Waals surface area contributed by atoms with Gasteiger partial charge in [0.1, 0.15) is 0 Å². The molecule has 20 heavy (non-hydrogen) atoms. The number of nitrogens with two attached hydrogens (primary N) is 1. The lowest BCUT2D eigenvalue weighted by Crippen LogP contribution is -2.49. The number of primary amides is 1. The van der Waals surface area contributed by atoms with Crippen LogP contribution in [-0.4, -0.2) is 28.9 Å². The third kappa shape index (κ3) is 5.30. The summed E-state index contributed by atoms with van der Waals surface area (Å²) in [6.07, 6.45) is 2.01. The highest BCUT2D eigenvalue weighted by molar-refractivity contribution is 7.09. The summed E-state index contributed by atoms with van der Waals surface area (Å²) in [5, 5.41) is 4.15. The molecule has 3 amide bonds. The quantitative estimate of drug-likeness (QED) is 0.811. The summed E-state index contributed by atoms with van der Waals surface area (Å²) < 4.78 is 0. The Bertz CT molecular complexity index is 443. The van der Waals surface area contributed by atoms with Gasteiger partial charge >= 0.3 is 6.03 Å². The second-order valence-electron chi connectivity index (χ2n) is 5.41. The second-order valence-corrected chi connectivity index (χ2v) is 6.44. The molecule has 1 aromatic heterocycles. The molecule has 0 aromatic carbocycles. The zero-order valence-electron chi connectivity index (χ0n) is 12.3. The Morgan fingerprint density at radius 3 is 2.65 bits per heavy atom. The first-order chi connectivity index (χ1) is 9.35. The van der Waals surface area contributed by atoms with Crippen LogP contribution >= 0.6 is 11.3 Å². The maximum absolute atomic E-state index is 11.8. The Balaban J connectivity index is 2.78. The largest absolute Gasteiger partial charge is 0.351 e. The van der Waals surface area contributed by atoms with E-state index in [0.29, 0.717) is 6.54 Å². The van der Waals surface area contributed by atoms with Gasteiger partial charge in [-0.2, -0.15) is 0 Å². The number of carbonyl (C=O) groups is 2. The Hall–Kier alpha value is -1.40. The number of hydrogen-bond donors (Lipinski definition) is 2. The SMILES string of the molecule is CCCC(C)(C)N(CC(=O)NC(N)=O)Cc1cccs1. The Morgan fingerprint density at radius 2 is 2.15 bits per heavy atom. The van der Waals surface area contributed by atoms with Crippen molar-refractivity contribution in [3.05, 3.63) is 22.4 Å². The van der Waals surface area contributed by atoms with E-state index < -0.39 is 6.03 Å². The molecule has 0 aliphatic heterocycles. The highest BCUT2D eigenvalue weighted by Crippen LogP contribution is 2.24. The molecule has 0 aliphatic carbocycles. The van der Waals surface area contributed by atoms with E-state index >= 15 is 0 Å². The fraction of sp³-hybridized carbons (Fsp3) is 0.571. The number of rotatable bonds is 7. The van der Waals surface area contributed by atoms with Crippen LogP contribution in [0.25, 0.3) is 0 Å². The zero-order valence-corrected chi connectivity index (χ0v) is 13.1. The van der Waals surface area contributed by atoms with Crippen LogP contribution in [0.1, 0.15) is 38.5 Å². The number of thiophene rings is 1. The van der Waals surface area contributed by atoms with Crippen molar-refractivity contribution < 1.29 is 9.59 Å². The second kappa shape index (κ2) is 7.40. The predicted molar refractivity (Wildman–Crippen MR) is 81.4 cm³/mol. The molecule has 112 valence electrons. The van der Waals surface area contributed by atoms with Crippen LogP contribution in [0.4, 0.5) is 4.79 Å². The summed E-state index contributed by atoms with van der Waals surface area (Å²) in [6.45, 7) is 7.20. The van der Waals surface area contributed by atoms with Crippen molar-refractivity contribution in [2.75, 3.05) is 6.54 Å². The van der Waals surface area contributed by atoms with Crippen molar-refractivity contribution in [1.29, 1.82) is 0 Å². The smallest absolute Gasteiger partial charge is 0.318 e. The number of carbonyl (C=O) groups excluding carboxylic acids is 2. The van der Waals surface area contributed by atoms with Crippen molar-refractivity contribution >= 4 is 23.3 Å². The minimum absolute atomic E-state index is 0.117. The number of imide groups is 1. The molecule has 0 saturated carbocycles. The molecule has 6 heteroatoms. The van der Waals surface area contributed by atoms with Gasteiger partial charge in [-0.3, -0.25) is 15.0 Å². The highest BCUT2D eigenvalue weighted by Gasteiger charge is 2.28. The van der Waals surface area contributed by atoms with Gasteiger partial charge in [0, 0.05) is 17.0 Å². The van der Waals surface area contributed by atoms with Gasteiger partial charge in [0.25, 0.3) is 0 Å². The van der Waals surface area contributed by atoms with E-state index in [0.717, 1.165) is 12.8 Å². The number of nitrogens with one attached hydrogen (secondary N) is 1. The van der Waals surface area contributed by atoms with Crippen molar-refractivity contribution in [2.24, 2.45) is 5.73 Å². The maximum Gasteiger partial charge on any atom is 0.318 e. The van der Waals surface area contributed by atoms with E-state index in [2.05, 4.69) is 31.0 Å². The van der Waals surface area contributed by atoms with Gasteiger partial charge in [-0.25, -0.2) is 4.79 Å². The number of hydrogen-bond acceptors (Lipinski definition) is 4. The van der Waals surface area contributed by atoms with Crippen LogP contribution < -0.4 is 11.1 Å². The highest BCUT2D eigenvalue weighted by atomic mass is 32.1. The average Bonchev–Trinajstić information content (AvgIpc) is 2.79. The molecule has 0 unspecified atom stereocenters. The minimum Gasteiger partial charge on any atom is -0.351 e. The van der Waals surface area contributed by atoms with Crippen molar-refractivity contribution in [3.8, 4) is 0 Å². The molecule has 1 heterocycles. The first kappa shape index (κ1) is 16.7. The van der Waals surface area contributed by atoms with Crippen LogP contribution in [0.5, 0.6) is 0 Å². The fourth-order valence-electron chi connectivity index (χ4n) is 2.19. The molecule has 1 aromatic rings. The number of urea groups is 1. The van der Waals surface area contributed by atoms with Gasteiger partial charge in [-0.1, -0.05) is 19.4 Å². The summed E-state index contributed by atoms with van der Waals surface area (Å²) in [4.78, 5) is 25.8. The van der Waals surface area contributed by atoms with E-state index in [4.69, 9.17) is 5.73 Å². The van der Waals surface area contributed by atoms with E-state index in [1.165, 1.54) is 4.88 Å². The van der Waals surface area contributed by atoms with E-state index in [-0.39, 0.29) is 18.0 Å². The van der Waals surface area contributed by atoms with Gasteiger partial charge in [-0.15, -0.1) is 11.3 Å². The lowest BCUT2D eigenvalue weighted by Gasteiger charge is -2.38. The van der Waals surface area contributed by atoms with Gasteiger partial charge in [0.05, 0.1) is 6.54 Å². The molecule has 0 radical (unpaired) electrons. The Kier molecular flexibility index (Phi) is 6.16. The van der Waals surface area contributed by atoms with Crippen molar-refractivity contribution in [2.45, 2.75) is 45.7 Å². The molecule has 0 bridgehead atoms. The molecule has 0 spiro atoms. The fourth-order valence-corrected chi connectivity index (χ4v) is 2.91. The Morgan fingerprint density at radius 1 is 1.45 bits per heavy atom. The summed E-state index contributed by atoms with van der Waals surface area (Å²) in [5.41, 5.74) is 4.87. The van der Waals surface area contributed by atoms with Crippen LogP contribution in [0.2, 0.25) is 0 Å². The summed E-state index contributed by atoms with van der Waals surface area (Å²) in [6, 6.07) is 3.24. The first-order valence-corrected chi connectivity index (χ1v) is 7.60. The molecule has 5 nitrogen and oxygen atoms in total. The van der Waals surface area contributed by atoms with Crippen LogP contribution in [0.15, 0.2) is 17.5 Å². The van der Waals surface area contributed by atoms with Crippen LogP contribution in [0, 0.1) is 0 Å². The third-order valence-electron chi connectivity index (χ3n) is 3.24. The average molecular weight is 297 g/mol. The molecule has 3 N–H and O–H groups in total. The molecular formula is C14H23N3O2S. The third-order valence-corrected chi connectivity index (χ3v) is 4.10. The molecular weight excluding hydrogens is 274 g/mol. The standard InChI is InChI=1S/C14H23N3O2S/c1-4-7-14(2,3)17(9-11-6-5-8-20-11)10-12(18)16-13(15)19/h5-6,8H,4,7,9-10H2,1-3H3,(H3,15,16,18,19). The predicted octanol–water partition coefficient (Wildman–Crippen LogP) is 2.32. The maximum atomic E-state index is 11.8. The molecule has 0 atom stereocenters. The normalized spacial score (nSPS) is 11.6. The van der Waals surface area contributed by atoms with Crippen molar-refractivity contribution in [3.63, 3.8) is 0 Å². The van der Waals surface area contributed by atoms with Crippen LogP contribution in [0.3, 0.4) is 0 Å². The zero-order chi connectivity index (χ0) is 15.2. The van der Waals surface area contributed by atoms with Gasteiger partial charge < -0.3 is 5.73 Å². The lowest BCUT2D eigenvalue weighted by atomic mass is 9.96. The minimum atomic E-state index is -0.806. The van der Waals surface area contributed by atoms with Crippen molar-refractivity contribution in [1.82, 2.24) is 10.2 Å². The Labute approximate surface area is 124 Å². The van der Waals surface area contributed by atoms with Gasteiger partial charge in [0.2, 0.25) is 5.91 Å². The molecule has 0 saturated heterocycles. The summed E-state index contributed by atoms with van der Waals surface area (Å²) >= 11 is 1.66. The lowest BCUT2D eigenvalue weighted by molar-refractivity contribution is -0.122. The van der Waals surface area contributed by atoms with E-state index in [1.807, 2.05) is 17.5 Å². The molecule has 0 fully saturated rings. The van der Waals surface area contributed by atoms with E-state index in [9.17, 15) is 9.59 Å². The van der Waals surface area contributed by atoms with Crippen LogP contribution in [-0.2, 0) is 11.3 Å². The summed E-state index contributed by atoms with van der Waals surface area (Å²) in [5.74, 6) is -0.363. The molecule has 1 rings (SSSR count). The number of amides is 3. The number of nitrogens with zero attached hydrogens (tertiary/aromatic N) is 1. The van der Waals surface area contributed by atoms with Gasteiger partial charge in [-0.05, 0) is 31.7 Å². The monoisotopic (exact) mass is 297 g/mol. The van der Waals surface area contributed by atoms with Gasteiger partial charge in [0.15, 0.2) is 0 Å². The summed E-state index contributed by atoms with van der Waals surface area (Å²) in [7, 11) is 0. The van der Waals surface area contributed by atoms with E-state index in [1.54, 1.807) is 11.3 Å². The topological polar surface area (TPSA) is 75.4 Å². The molecule has 0 aliphatic rings.